The van der Waals surface area contributed by atoms with Crippen molar-refractivity contribution in [1.82, 2.24) is 0 Å². The first-order valence-electron chi connectivity index (χ1n) is 7.16. The quantitative estimate of drug-likeness (QED) is 0.804. The van der Waals surface area contributed by atoms with E-state index < -0.39 is 0 Å². The van der Waals surface area contributed by atoms with Crippen molar-refractivity contribution >= 4 is 22.9 Å². The zero-order valence-electron chi connectivity index (χ0n) is 12.1. The van der Waals surface area contributed by atoms with Gasteiger partial charge >= 0.3 is 0 Å². The summed E-state index contributed by atoms with van der Waals surface area (Å²) in [4.78, 5) is 3.02. The van der Waals surface area contributed by atoms with Crippen molar-refractivity contribution in [1.29, 1.82) is 0 Å². The highest BCUT2D eigenvalue weighted by Crippen LogP contribution is 2.34. The first kappa shape index (κ1) is 14.3. The van der Waals surface area contributed by atoms with Crippen LogP contribution in [0.3, 0.4) is 0 Å². The Kier molecular flexibility index (Phi) is 4.46. The summed E-state index contributed by atoms with van der Waals surface area (Å²) in [7, 11) is 0. The third-order valence-corrected chi connectivity index (χ3v) is 3.88. The Morgan fingerprint density at radius 1 is 1.42 bits per heavy atom. The zero-order valence-corrected chi connectivity index (χ0v) is 13.0. The van der Waals surface area contributed by atoms with E-state index in [4.69, 9.17) is 18.0 Å². The van der Waals surface area contributed by atoms with Gasteiger partial charge in [0, 0.05) is 23.8 Å². The SMILES string of the molecule is Cc1ccc(C(N)=S)c(N(CCC(C)C)C2CC2)c1. The molecule has 2 N–H and O–H groups in total. The topological polar surface area (TPSA) is 29.3 Å². The van der Waals surface area contributed by atoms with Gasteiger partial charge in [0.05, 0.1) is 0 Å². The normalized spacial score (nSPS) is 14.7. The van der Waals surface area contributed by atoms with Gasteiger partial charge in [-0.1, -0.05) is 32.1 Å². The molecule has 0 amide bonds. The minimum absolute atomic E-state index is 0.505. The van der Waals surface area contributed by atoms with E-state index in [2.05, 4.69) is 43.9 Å². The molecule has 0 saturated heterocycles. The Balaban J connectivity index is 2.29. The van der Waals surface area contributed by atoms with Crippen LogP contribution in [0.5, 0.6) is 0 Å². The summed E-state index contributed by atoms with van der Waals surface area (Å²) < 4.78 is 0. The van der Waals surface area contributed by atoms with Crippen LogP contribution in [0, 0.1) is 12.8 Å². The summed E-state index contributed by atoms with van der Waals surface area (Å²) in [6, 6.07) is 7.07. The minimum Gasteiger partial charge on any atom is -0.389 e. The first-order valence-corrected chi connectivity index (χ1v) is 7.57. The summed E-state index contributed by atoms with van der Waals surface area (Å²) in [5.41, 5.74) is 9.41. The number of benzene rings is 1. The highest BCUT2D eigenvalue weighted by Gasteiger charge is 2.30. The number of rotatable bonds is 6. The van der Waals surface area contributed by atoms with Crippen molar-refractivity contribution < 1.29 is 0 Å². The first-order chi connectivity index (χ1) is 8.99. The maximum Gasteiger partial charge on any atom is 0.106 e. The van der Waals surface area contributed by atoms with Crippen LogP contribution in [0.15, 0.2) is 18.2 Å². The number of hydrogen-bond acceptors (Lipinski definition) is 2. The lowest BCUT2D eigenvalue weighted by Gasteiger charge is -2.28. The Morgan fingerprint density at radius 3 is 2.63 bits per heavy atom. The molecule has 0 radical (unpaired) electrons. The Morgan fingerprint density at radius 2 is 2.11 bits per heavy atom. The fraction of sp³-hybridized carbons (Fsp3) is 0.562. The molecule has 0 heterocycles. The van der Waals surface area contributed by atoms with Gasteiger partial charge in [-0.3, -0.25) is 0 Å². The number of nitrogens with two attached hydrogens (primary N) is 1. The van der Waals surface area contributed by atoms with Gasteiger partial charge in [0.1, 0.15) is 4.99 Å². The maximum atomic E-state index is 5.88. The highest BCUT2D eigenvalue weighted by molar-refractivity contribution is 7.80. The van der Waals surface area contributed by atoms with Gasteiger partial charge in [0.15, 0.2) is 0 Å². The number of nitrogens with zero attached hydrogens (tertiary/aromatic N) is 1. The molecule has 2 rings (SSSR count). The average molecular weight is 276 g/mol. The molecule has 1 fully saturated rings. The van der Waals surface area contributed by atoms with E-state index in [0.29, 0.717) is 11.0 Å². The third-order valence-electron chi connectivity index (χ3n) is 3.66. The number of aryl methyl sites for hydroxylation is 1. The summed E-state index contributed by atoms with van der Waals surface area (Å²) in [5.74, 6) is 0.722. The van der Waals surface area contributed by atoms with Crippen LogP contribution in [0.4, 0.5) is 5.69 Å². The molecule has 3 heteroatoms. The smallest absolute Gasteiger partial charge is 0.106 e. The highest BCUT2D eigenvalue weighted by atomic mass is 32.1. The molecule has 0 spiro atoms. The van der Waals surface area contributed by atoms with Gasteiger partial charge in [0.25, 0.3) is 0 Å². The molecule has 1 aliphatic rings. The molecule has 2 nitrogen and oxygen atoms in total. The number of hydrogen-bond donors (Lipinski definition) is 1. The standard InChI is InChI=1S/C16H24N2S/c1-11(2)8-9-18(13-5-6-13)15-10-12(3)4-7-14(15)16(17)19/h4,7,10-11,13H,5-6,8-9H2,1-3H3,(H2,17,19). The number of thiocarbonyl (C=S) groups is 1. The second kappa shape index (κ2) is 5.91. The van der Waals surface area contributed by atoms with E-state index in [1.165, 1.54) is 30.5 Å². The van der Waals surface area contributed by atoms with E-state index in [1.54, 1.807) is 0 Å². The lowest BCUT2D eigenvalue weighted by atomic mass is 10.1. The molecular weight excluding hydrogens is 252 g/mol. The summed E-state index contributed by atoms with van der Waals surface area (Å²) in [6.07, 6.45) is 3.80. The van der Waals surface area contributed by atoms with Gasteiger partial charge in [-0.05, 0) is 49.8 Å². The second-order valence-corrected chi connectivity index (χ2v) is 6.43. The molecule has 0 unspecified atom stereocenters. The fourth-order valence-electron chi connectivity index (χ4n) is 2.37. The molecule has 104 valence electrons. The molecule has 0 bridgehead atoms. The van der Waals surface area contributed by atoms with E-state index in [0.717, 1.165) is 18.0 Å². The predicted octanol–water partition coefficient (Wildman–Crippen LogP) is 3.64. The van der Waals surface area contributed by atoms with Crippen LogP contribution in [-0.2, 0) is 0 Å². The van der Waals surface area contributed by atoms with Gasteiger partial charge in [-0.2, -0.15) is 0 Å². The average Bonchev–Trinajstić information content (AvgIpc) is 3.13. The lowest BCUT2D eigenvalue weighted by molar-refractivity contribution is 0.570. The number of anilines is 1. The van der Waals surface area contributed by atoms with Crippen LogP contribution in [0.25, 0.3) is 0 Å². The molecule has 19 heavy (non-hydrogen) atoms. The summed E-state index contributed by atoms with van der Waals surface area (Å²) in [5, 5.41) is 0. The van der Waals surface area contributed by atoms with Crippen molar-refractivity contribution in [2.75, 3.05) is 11.4 Å². The van der Waals surface area contributed by atoms with Gasteiger partial charge in [0.2, 0.25) is 0 Å². The zero-order chi connectivity index (χ0) is 14.0. The molecule has 1 aliphatic carbocycles. The van der Waals surface area contributed by atoms with Gasteiger partial charge < -0.3 is 10.6 Å². The van der Waals surface area contributed by atoms with E-state index in [9.17, 15) is 0 Å². The van der Waals surface area contributed by atoms with Gasteiger partial charge in [-0.15, -0.1) is 0 Å². The van der Waals surface area contributed by atoms with Crippen LogP contribution >= 0.6 is 12.2 Å². The molecule has 0 atom stereocenters. The van der Waals surface area contributed by atoms with Crippen molar-refractivity contribution in [2.45, 2.75) is 46.1 Å². The fourth-order valence-corrected chi connectivity index (χ4v) is 2.54. The van der Waals surface area contributed by atoms with Crippen molar-refractivity contribution in [2.24, 2.45) is 11.7 Å². The van der Waals surface area contributed by atoms with E-state index >= 15 is 0 Å². The maximum absolute atomic E-state index is 5.88. The van der Waals surface area contributed by atoms with Crippen LogP contribution in [0.2, 0.25) is 0 Å². The Labute approximate surface area is 122 Å². The predicted molar refractivity (Wildman–Crippen MR) is 86.9 cm³/mol. The van der Waals surface area contributed by atoms with Crippen LogP contribution in [0.1, 0.15) is 44.2 Å². The molecule has 1 saturated carbocycles. The molecule has 1 aromatic carbocycles. The second-order valence-electron chi connectivity index (χ2n) is 5.99. The van der Waals surface area contributed by atoms with Crippen molar-refractivity contribution in [3.05, 3.63) is 29.3 Å². The molecule has 0 aromatic heterocycles. The van der Waals surface area contributed by atoms with Crippen molar-refractivity contribution in [3.8, 4) is 0 Å². The van der Waals surface area contributed by atoms with Crippen LogP contribution < -0.4 is 10.6 Å². The van der Waals surface area contributed by atoms with Crippen molar-refractivity contribution in [3.63, 3.8) is 0 Å². The minimum atomic E-state index is 0.505. The molecule has 0 aliphatic heterocycles. The lowest BCUT2D eigenvalue weighted by Crippen LogP contribution is -2.30. The monoisotopic (exact) mass is 276 g/mol. The largest absolute Gasteiger partial charge is 0.389 e. The Hall–Kier alpha value is -1.09. The van der Waals surface area contributed by atoms with E-state index in [1.807, 2.05) is 0 Å². The molecule has 1 aromatic rings. The summed E-state index contributed by atoms with van der Waals surface area (Å²) in [6.45, 7) is 7.77. The summed E-state index contributed by atoms with van der Waals surface area (Å²) >= 11 is 5.21. The van der Waals surface area contributed by atoms with Gasteiger partial charge in [-0.25, -0.2) is 0 Å². The van der Waals surface area contributed by atoms with E-state index in [-0.39, 0.29) is 0 Å². The van der Waals surface area contributed by atoms with Crippen LogP contribution in [-0.4, -0.2) is 17.6 Å². The Bertz CT molecular complexity index is 464. The molecular formula is C16H24N2S. The third kappa shape index (κ3) is 3.69.